The third-order valence-corrected chi connectivity index (χ3v) is 4.52. The first-order valence-electron chi connectivity index (χ1n) is 5.36. The Labute approximate surface area is 100 Å². The van der Waals surface area contributed by atoms with Crippen molar-refractivity contribution >= 4 is 28.7 Å². The van der Waals surface area contributed by atoms with Crippen LogP contribution in [0, 0.1) is 12.8 Å². The first kappa shape index (κ1) is 12.7. The minimum Gasteiger partial charge on any atom is -0.293 e. The van der Waals surface area contributed by atoms with Crippen LogP contribution in [0.4, 0.5) is 0 Å². The van der Waals surface area contributed by atoms with Crippen LogP contribution in [-0.2, 0) is 0 Å². The molecule has 1 aromatic heterocycles. The van der Waals surface area contributed by atoms with E-state index in [-0.39, 0.29) is 5.78 Å². The van der Waals surface area contributed by atoms with Crippen molar-refractivity contribution in [2.45, 2.75) is 40.0 Å². The molecule has 0 saturated carbocycles. The molecule has 15 heavy (non-hydrogen) atoms. The molecule has 1 aromatic rings. The SMILES string of the molecule is CCC(CC)CC(=O)c1scc(C)c1Cl. The Morgan fingerprint density at radius 1 is 1.47 bits per heavy atom. The predicted octanol–water partition coefficient (Wildman–Crippen LogP) is 4.72. The zero-order valence-corrected chi connectivity index (χ0v) is 11.0. The molecule has 0 aromatic carbocycles. The molecule has 0 spiro atoms. The monoisotopic (exact) mass is 244 g/mol. The molecule has 0 aliphatic carbocycles. The molecule has 1 heterocycles. The van der Waals surface area contributed by atoms with Gasteiger partial charge in [-0.05, 0) is 23.8 Å². The lowest BCUT2D eigenvalue weighted by Gasteiger charge is -2.09. The van der Waals surface area contributed by atoms with Crippen molar-refractivity contribution in [3.8, 4) is 0 Å². The Morgan fingerprint density at radius 2 is 2.07 bits per heavy atom. The molecular formula is C12H17ClOS. The number of thiophene rings is 1. The highest BCUT2D eigenvalue weighted by molar-refractivity contribution is 7.13. The van der Waals surface area contributed by atoms with Crippen molar-refractivity contribution in [1.29, 1.82) is 0 Å². The van der Waals surface area contributed by atoms with E-state index in [4.69, 9.17) is 11.6 Å². The second-order valence-electron chi connectivity index (χ2n) is 3.87. The molecule has 0 aliphatic rings. The standard InChI is InChI=1S/C12H17ClOS/c1-4-9(5-2)6-10(14)12-11(13)8(3)7-15-12/h7,9H,4-6H2,1-3H3. The van der Waals surface area contributed by atoms with Gasteiger partial charge in [0.15, 0.2) is 5.78 Å². The van der Waals surface area contributed by atoms with Gasteiger partial charge in [0.2, 0.25) is 0 Å². The van der Waals surface area contributed by atoms with Crippen LogP contribution in [0.1, 0.15) is 48.3 Å². The fourth-order valence-corrected chi connectivity index (χ4v) is 2.80. The fraction of sp³-hybridized carbons (Fsp3) is 0.583. The lowest BCUT2D eigenvalue weighted by molar-refractivity contribution is 0.0963. The lowest BCUT2D eigenvalue weighted by atomic mass is 9.96. The Balaban J connectivity index is 2.73. The zero-order chi connectivity index (χ0) is 11.4. The van der Waals surface area contributed by atoms with E-state index in [1.165, 1.54) is 11.3 Å². The largest absolute Gasteiger partial charge is 0.293 e. The average molecular weight is 245 g/mol. The van der Waals surface area contributed by atoms with Gasteiger partial charge in [-0.2, -0.15) is 0 Å². The molecule has 0 unspecified atom stereocenters. The van der Waals surface area contributed by atoms with E-state index in [2.05, 4.69) is 13.8 Å². The number of ketones is 1. The maximum absolute atomic E-state index is 11.9. The van der Waals surface area contributed by atoms with Crippen molar-refractivity contribution in [3.05, 3.63) is 20.8 Å². The van der Waals surface area contributed by atoms with Crippen LogP contribution in [0.5, 0.6) is 0 Å². The molecule has 0 saturated heterocycles. The Hall–Kier alpha value is -0.340. The molecule has 0 N–H and O–H groups in total. The summed E-state index contributed by atoms with van der Waals surface area (Å²) < 4.78 is 0. The summed E-state index contributed by atoms with van der Waals surface area (Å²) in [5.41, 5.74) is 1.01. The van der Waals surface area contributed by atoms with Gasteiger partial charge in [0, 0.05) is 6.42 Å². The van der Waals surface area contributed by atoms with Gasteiger partial charge < -0.3 is 0 Å². The number of hydrogen-bond donors (Lipinski definition) is 0. The first-order valence-corrected chi connectivity index (χ1v) is 6.62. The molecule has 1 nitrogen and oxygen atoms in total. The van der Waals surface area contributed by atoms with Gasteiger partial charge in [-0.25, -0.2) is 0 Å². The van der Waals surface area contributed by atoms with Gasteiger partial charge in [0.25, 0.3) is 0 Å². The topological polar surface area (TPSA) is 17.1 Å². The maximum Gasteiger partial charge on any atom is 0.174 e. The smallest absolute Gasteiger partial charge is 0.174 e. The Bertz CT molecular complexity index is 339. The van der Waals surface area contributed by atoms with E-state index >= 15 is 0 Å². The molecule has 0 aliphatic heterocycles. The van der Waals surface area contributed by atoms with Crippen LogP contribution in [0.3, 0.4) is 0 Å². The number of Topliss-reactive ketones (excluding diaryl/α,β-unsaturated/α-hetero) is 1. The quantitative estimate of drug-likeness (QED) is 0.685. The van der Waals surface area contributed by atoms with Gasteiger partial charge in [0.05, 0.1) is 9.90 Å². The number of halogens is 1. The molecule has 0 radical (unpaired) electrons. The summed E-state index contributed by atoms with van der Waals surface area (Å²) in [6.45, 7) is 6.19. The van der Waals surface area contributed by atoms with Crippen LogP contribution in [0.2, 0.25) is 5.02 Å². The van der Waals surface area contributed by atoms with Crippen molar-refractivity contribution in [3.63, 3.8) is 0 Å². The van der Waals surface area contributed by atoms with Crippen LogP contribution in [0.15, 0.2) is 5.38 Å². The van der Waals surface area contributed by atoms with E-state index < -0.39 is 0 Å². The van der Waals surface area contributed by atoms with Crippen LogP contribution in [0.25, 0.3) is 0 Å². The van der Waals surface area contributed by atoms with Gasteiger partial charge in [0.1, 0.15) is 0 Å². The molecule has 0 atom stereocenters. The van der Waals surface area contributed by atoms with E-state index in [0.29, 0.717) is 17.4 Å². The number of rotatable bonds is 5. The maximum atomic E-state index is 11.9. The fourth-order valence-electron chi connectivity index (χ4n) is 1.55. The molecule has 1 rings (SSSR count). The Kier molecular flexibility index (Phi) is 4.81. The number of carbonyl (C=O) groups excluding carboxylic acids is 1. The second-order valence-corrected chi connectivity index (χ2v) is 5.13. The molecule has 0 amide bonds. The van der Waals surface area contributed by atoms with Crippen molar-refractivity contribution in [1.82, 2.24) is 0 Å². The van der Waals surface area contributed by atoms with E-state index in [0.717, 1.165) is 23.3 Å². The summed E-state index contributed by atoms with van der Waals surface area (Å²) in [6, 6.07) is 0. The zero-order valence-electron chi connectivity index (χ0n) is 9.47. The lowest BCUT2D eigenvalue weighted by Crippen LogP contribution is -2.06. The predicted molar refractivity (Wildman–Crippen MR) is 67.1 cm³/mol. The average Bonchev–Trinajstić information content (AvgIpc) is 2.56. The summed E-state index contributed by atoms with van der Waals surface area (Å²) in [7, 11) is 0. The molecule has 3 heteroatoms. The third kappa shape index (κ3) is 3.05. The summed E-state index contributed by atoms with van der Waals surface area (Å²) in [4.78, 5) is 12.7. The summed E-state index contributed by atoms with van der Waals surface area (Å²) in [6.07, 6.45) is 2.75. The molecule has 84 valence electrons. The minimum absolute atomic E-state index is 0.201. The van der Waals surface area contributed by atoms with Gasteiger partial charge in [-0.3, -0.25) is 4.79 Å². The molecular weight excluding hydrogens is 228 g/mol. The minimum atomic E-state index is 0.201. The second kappa shape index (κ2) is 5.66. The van der Waals surface area contributed by atoms with E-state index in [1.54, 1.807) is 0 Å². The summed E-state index contributed by atoms with van der Waals surface area (Å²) in [5.74, 6) is 0.697. The highest BCUT2D eigenvalue weighted by atomic mass is 35.5. The van der Waals surface area contributed by atoms with Crippen molar-refractivity contribution < 1.29 is 4.79 Å². The normalized spacial score (nSPS) is 11.0. The number of carbonyl (C=O) groups is 1. The van der Waals surface area contributed by atoms with Crippen LogP contribution < -0.4 is 0 Å². The van der Waals surface area contributed by atoms with Crippen molar-refractivity contribution in [2.75, 3.05) is 0 Å². The third-order valence-electron chi connectivity index (χ3n) is 2.78. The van der Waals surface area contributed by atoms with Crippen LogP contribution in [-0.4, -0.2) is 5.78 Å². The highest BCUT2D eigenvalue weighted by Gasteiger charge is 2.17. The van der Waals surface area contributed by atoms with Crippen molar-refractivity contribution in [2.24, 2.45) is 5.92 Å². The summed E-state index contributed by atoms with van der Waals surface area (Å²) in [5, 5.41) is 2.60. The molecule has 0 bridgehead atoms. The first-order chi connectivity index (χ1) is 7.10. The molecule has 0 fully saturated rings. The number of hydrogen-bond acceptors (Lipinski definition) is 2. The van der Waals surface area contributed by atoms with E-state index in [9.17, 15) is 4.79 Å². The van der Waals surface area contributed by atoms with Gasteiger partial charge >= 0.3 is 0 Å². The van der Waals surface area contributed by atoms with E-state index in [1.807, 2.05) is 12.3 Å². The van der Waals surface area contributed by atoms with Gasteiger partial charge in [-0.1, -0.05) is 38.3 Å². The van der Waals surface area contributed by atoms with Gasteiger partial charge in [-0.15, -0.1) is 11.3 Å². The Morgan fingerprint density at radius 3 is 2.47 bits per heavy atom. The highest BCUT2D eigenvalue weighted by Crippen LogP contribution is 2.29. The summed E-state index contributed by atoms with van der Waals surface area (Å²) >= 11 is 7.53. The van der Waals surface area contributed by atoms with Crippen LogP contribution >= 0.6 is 22.9 Å². The number of aryl methyl sites for hydroxylation is 1.